The van der Waals surface area contributed by atoms with Gasteiger partial charge < -0.3 is 10.2 Å². The molecule has 0 bridgehead atoms. The molecule has 3 aromatic rings. The van der Waals surface area contributed by atoms with E-state index in [1.807, 2.05) is 18.2 Å². The molecule has 0 spiro atoms. The SMILES string of the molecule is O=S(=O)(c1ccccc1)n1nc(N2CCNCC2)c2ccccc21. The van der Waals surface area contributed by atoms with Crippen molar-refractivity contribution in [3.8, 4) is 0 Å². The Morgan fingerprint density at radius 2 is 1.58 bits per heavy atom. The second-order valence-corrected chi connectivity index (χ2v) is 7.51. The largest absolute Gasteiger partial charge is 0.352 e. The van der Waals surface area contributed by atoms with Crippen molar-refractivity contribution < 1.29 is 8.42 Å². The van der Waals surface area contributed by atoms with Crippen molar-refractivity contribution in [2.75, 3.05) is 31.1 Å². The number of nitrogens with one attached hydrogen (secondary N) is 1. The number of anilines is 1. The number of aromatic nitrogens is 2. The summed E-state index contributed by atoms with van der Waals surface area (Å²) >= 11 is 0. The first-order valence-corrected chi connectivity index (χ1v) is 9.36. The van der Waals surface area contributed by atoms with Crippen molar-refractivity contribution in [3.05, 3.63) is 54.6 Å². The number of hydrogen-bond donors (Lipinski definition) is 1. The molecule has 0 unspecified atom stereocenters. The summed E-state index contributed by atoms with van der Waals surface area (Å²) < 4.78 is 27.2. The second kappa shape index (κ2) is 5.92. The summed E-state index contributed by atoms with van der Waals surface area (Å²) in [6, 6.07) is 15.9. The van der Waals surface area contributed by atoms with Gasteiger partial charge in [-0.15, -0.1) is 5.10 Å². The summed E-state index contributed by atoms with van der Waals surface area (Å²) in [7, 11) is -3.72. The number of hydrogen-bond acceptors (Lipinski definition) is 5. The zero-order chi connectivity index (χ0) is 16.6. The van der Waals surface area contributed by atoms with E-state index in [0.717, 1.165) is 41.5 Å². The molecule has 1 fully saturated rings. The smallest absolute Gasteiger partial charge is 0.283 e. The average Bonchev–Trinajstić information content (AvgIpc) is 3.04. The van der Waals surface area contributed by atoms with Crippen LogP contribution in [0.4, 0.5) is 5.82 Å². The maximum absolute atomic E-state index is 13.0. The van der Waals surface area contributed by atoms with E-state index < -0.39 is 10.0 Å². The van der Waals surface area contributed by atoms with Gasteiger partial charge in [0.25, 0.3) is 10.0 Å². The molecule has 1 aliphatic rings. The molecule has 4 rings (SSSR count). The fraction of sp³-hybridized carbons (Fsp3) is 0.235. The van der Waals surface area contributed by atoms with Crippen LogP contribution in [0.5, 0.6) is 0 Å². The first-order valence-electron chi connectivity index (χ1n) is 7.92. The zero-order valence-corrected chi connectivity index (χ0v) is 13.9. The number of nitrogens with zero attached hydrogens (tertiary/aromatic N) is 3. The monoisotopic (exact) mass is 342 g/mol. The Labute approximate surface area is 140 Å². The van der Waals surface area contributed by atoms with Crippen molar-refractivity contribution in [2.24, 2.45) is 0 Å². The van der Waals surface area contributed by atoms with Gasteiger partial charge in [-0.2, -0.15) is 12.5 Å². The quantitative estimate of drug-likeness (QED) is 0.784. The number of piperazine rings is 1. The number of rotatable bonds is 3. The third-order valence-corrected chi connectivity index (χ3v) is 5.82. The summed E-state index contributed by atoms with van der Waals surface area (Å²) in [4.78, 5) is 2.38. The molecule has 124 valence electrons. The van der Waals surface area contributed by atoms with Gasteiger partial charge in [-0.25, -0.2) is 0 Å². The van der Waals surface area contributed by atoms with Crippen LogP contribution in [0.25, 0.3) is 10.9 Å². The van der Waals surface area contributed by atoms with Gasteiger partial charge in [0.2, 0.25) is 0 Å². The first-order chi connectivity index (χ1) is 11.7. The summed E-state index contributed by atoms with van der Waals surface area (Å²) in [6.45, 7) is 3.36. The van der Waals surface area contributed by atoms with Crippen LogP contribution in [-0.2, 0) is 10.0 Å². The van der Waals surface area contributed by atoms with Crippen LogP contribution in [0.3, 0.4) is 0 Å². The summed E-state index contributed by atoms with van der Waals surface area (Å²) in [5.74, 6) is 0.728. The molecular formula is C17H18N4O2S. The minimum absolute atomic E-state index is 0.241. The fourth-order valence-corrected chi connectivity index (χ4v) is 4.31. The number of fused-ring (bicyclic) bond motifs is 1. The van der Waals surface area contributed by atoms with Gasteiger partial charge in [-0.1, -0.05) is 30.3 Å². The van der Waals surface area contributed by atoms with E-state index in [-0.39, 0.29) is 4.90 Å². The third kappa shape index (κ3) is 2.46. The summed E-state index contributed by atoms with van der Waals surface area (Å²) in [5.41, 5.74) is 0.606. The molecule has 0 saturated carbocycles. The van der Waals surface area contributed by atoms with Crippen molar-refractivity contribution in [2.45, 2.75) is 4.90 Å². The lowest BCUT2D eigenvalue weighted by Gasteiger charge is -2.27. The Hall–Kier alpha value is -2.38. The molecule has 1 N–H and O–H groups in total. The predicted octanol–water partition coefficient (Wildman–Crippen LogP) is 1.68. The van der Waals surface area contributed by atoms with E-state index in [2.05, 4.69) is 15.3 Å². The van der Waals surface area contributed by atoms with Gasteiger partial charge in [0.15, 0.2) is 5.82 Å². The fourth-order valence-electron chi connectivity index (χ4n) is 3.01. The molecule has 0 radical (unpaired) electrons. The third-order valence-electron chi connectivity index (χ3n) is 4.22. The van der Waals surface area contributed by atoms with Gasteiger partial charge in [0, 0.05) is 31.6 Å². The van der Waals surface area contributed by atoms with Gasteiger partial charge in [-0.3, -0.25) is 0 Å². The molecule has 0 aliphatic carbocycles. The van der Waals surface area contributed by atoms with Gasteiger partial charge in [0.05, 0.1) is 10.4 Å². The molecule has 1 aliphatic heterocycles. The van der Waals surface area contributed by atoms with Crippen LogP contribution in [0.15, 0.2) is 59.5 Å². The Morgan fingerprint density at radius 1 is 0.917 bits per heavy atom. The highest BCUT2D eigenvalue weighted by Gasteiger charge is 2.25. The maximum atomic E-state index is 13.0. The summed E-state index contributed by atoms with van der Waals surface area (Å²) in [6.07, 6.45) is 0. The number of benzene rings is 2. The van der Waals surface area contributed by atoms with Crippen molar-refractivity contribution >= 4 is 26.7 Å². The van der Waals surface area contributed by atoms with E-state index >= 15 is 0 Å². The minimum atomic E-state index is -3.72. The van der Waals surface area contributed by atoms with Crippen LogP contribution in [-0.4, -0.2) is 43.8 Å². The maximum Gasteiger partial charge on any atom is 0.283 e. The minimum Gasteiger partial charge on any atom is -0.352 e. The Kier molecular flexibility index (Phi) is 3.74. The summed E-state index contributed by atoms with van der Waals surface area (Å²) in [5, 5.41) is 8.65. The highest BCUT2D eigenvalue weighted by molar-refractivity contribution is 7.90. The van der Waals surface area contributed by atoms with Crippen LogP contribution in [0.1, 0.15) is 0 Å². The molecule has 6 nitrogen and oxygen atoms in total. The van der Waals surface area contributed by atoms with Gasteiger partial charge >= 0.3 is 0 Å². The van der Waals surface area contributed by atoms with E-state index in [9.17, 15) is 8.42 Å². The lowest BCUT2D eigenvalue weighted by molar-refractivity contribution is 0.574. The van der Waals surface area contributed by atoms with Crippen molar-refractivity contribution in [1.82, 2.24) is 14.5 Å². The molecule has 2 aromatic carbocycles. The molecule has 7 heteroatoms. The van der Waals surface area contributed by atoms with E-state index in [4.69, 9.17) is 0 Å². The highest BCUT2D eigenvalue weighted by Crippen LogP contribution is 2.29. The molecule has 24 heavy (non-hydrogen) atoms. The van der Waals surface area contributed by atoms with E-state index in [1.54, 1.807) is 36.4 Å². The van der Waals surface area contributed by atoms with Crippen molar-refractivity contribution in [1.29, 1.82) is 0 Å². The van der Waals surface area contributed by atoms with Crippen LogP contribution in [0.2, 0.25) is 0 Å². The van der Waals surface area contributed by atoms with Crippen LogP contribution >= 0.6 is 0 Å². The van der Waals surface area contributed by atoms with Crippen LogP contribution in [0, 0.1) is 0 Å². The standard InChI is InChI=1S/C17H18N4O2S/c22-24(23,14-6-2-1-3-7-14)21-16-9-5-4-8-15(16)17(19-21)20-12-10-18-11-13-20/h1-9,18H,10-13H2. The second-order valence-electron chi connectivity index (χ2n) is 5.74. The lowest BCUT2D eigenvalue weighted by atomic mass is 10.2. The molecular weight excluding hydrogens is 324 g/mol. The predicted molar refractivity (Wildman–Crippen MR) is 93.8 cm³/mol. The normalized spacial score (nSPS) is 15.8. The Morgan fingerprint density at radius 3 is 2.33 bits per heavy atom. The lowest BCUT2D eigenvalue weighted by Crippen LogP contribution is -2.43. The Bertz CT molecular complexity index is 961. The van der Waals surface area contributed by atoms with Gasteiger partial charge in [0.1, 0.15) is 0 Å². The molecule has 0 atom stereocenters. The molecule has 0 amide bonds. The first kappa shape index (κ1) is 15.2. The topological polar surface area (TPSA) is 67.2 Å². The molecule has 1 aromatic heterocycles. The van der Waals surface area contributed by atoms with Gasteiger partial charge in [-0.05, 0) is 24.3 Å². The molecule has 1 saturated heterocycles. The van der Waals surface area contributed by atoms with Crippen molar-refractivity contribution in [3.63, 3.8) is 0 Å². The van der Waals surface area contributed by atoms with Crippen LogP contribution < -0.4 is 10.2 Å². The molecule has 2 heterocycles. The average molecular weight is 342 g/mol. The Balaban J connectivity index is 1.90. The van der Waals surface area contributed by atoms with E-state index in [1.165, 1.54) is 0 Å². The zero-order valence-electron chi connectivity index (χ0n) is 13.1. The number of para-hydroxylation sites is 1. The van der Waals surface area contributed by atoms with E-state index in [0.29, 0.717) is 5.52 Å². The highest BCUT2D eigenvalue weighted by atomic mass is 32.2.